The van der Waals surface area contributed by atoms with Crippen LogP contribution in [-0.4, -0.2) is 12.7 Å². The number of rotatable bonds is 5. The molecular weight excluding hydrogens is 260 g/mol. The number of nitrogens with two attached hydrogens (primary N) is 1. The highest BCUT2D eigenvalue weighted by molar-refractivity contribution is 5.24. The van der Waals surface area contributed by atoms with E-state index >= 15 is 0 Å². The van der Waals surface area contributed by atoms with Crippen LogP contribution in [0.25, 0.3) is 0 Å². The van der Waals surface area contributed by atoms with Crippen molar-refractivity contribution in [2.45, 2.75) is 51.2 Å². The van der Waals surface area contributed by atoms with Crippen LogP contribution in [0.15, 0.2) is 18.2 Å². The van der Waals surface area contributed by atoms with Gasteiger partial charge in [-0.15, -0.1) is 0 Å². The third kappa shape index (κ3) is 3.36. The van der Waals surface area contributed by atoms with Gasteiger partial charge in [0, 0.05) is 12.2 Å². The van der Waals surface area contributed by atoms with Crippen molar-refractivity contribution in [3.8, 4) is 0 Å². The predicted molar refractivity (Wildman–Crippen MR) is 75.3 cm³/mol. The summed E-state index contributed by atoms with van der Waals surface area (Å²) >= 11 is 0. The number of halogens is 2. The molecule has 1 aliphatic carbocycles. The van der Waals surface area contributed by atoms with Crippen LogP contribution in [0, 0.1) is 17.6 Å². The highest BCUT2D eigenvalue weighted by Gasteiger charge is 2.32. The lowest BCUT2D eigenvalue weighted by molar-refractivity contribution is -0.0112. The zero-order chi connectivity index (χ0) is 14.5. The quantitative estimate of drug-likeness (QED) is 0.888. The van der Waals surface area contributed by atoms with Crippen molar-refractivity contribution in [1.82, 2.24) is 0 Å². The van der Waals surface area contributed by atoms with Gasteiger partial charge in [0.25, 0.3) is 0 Å². The fourth-order valence-electron chi connectivity index (χ4n) is 3.18. The zero-order valence-corrected chi connectivity index (χ0v) is 11.9. The molecule has 2 rings (SSSR count). The van der Waals surface area contributed by atoms with E-state index in [4.69, 9.17) is 10.5 Å². The molecule has 0 aliphatic heterocycles. The van der Waals surface area contributed by atoms with Crippen LogP contribution in [-0.2, 0) is 4.74 Å². The predicted octanol–water partition coefficient (Wildman–Crippen LogP) is 3.95. The van der Waals surface area contributed by atoms with E-state index in [0.29, 0.717) is 6.61 Å². The van der Waals surface area contributed by atoms with Gasteiger partial charge in [-0.3, -0.25) is 0 Å². The minimum absolute atomic E-state index is 0.0449. The van der Waals surface area contributed by atoms with E-state index in [1.54, 1.807) is 0 Å². The molecule has 20 heavy (non-hydrogen) atoms. The molecule has 2 N–H and O–H groups in total. The van der Waals surface area contributed by atoms with Gasteiger partial charge in [-0.25, -0.2) is 8.78 Å². The van der Waals surface area contributed by atoms with Crippen LogP contribution in [0.4, 0.5) is 8.78 Å². The molecule has 1 aromatic rings. The van der Waals surface area contributed by atoms with E-state index in [9.17, 15) is 8.78 Å². The molecule has 0 spiro atoms. The molecule has 0 amide bonds. The molecule has 0 saturated heterocycles. The van der Waals surface area contributed by atoms with Crippen LogP contribution in [0.1, 0.15) is 50.6 Å². The largest absolute Gasteiger partial charge is 0.376 e. The van der Waals surface area contributed by atoms with Gasteiger partial charge in [-0.1, -0.05) is 25.3 Å². The lowest BCUT2D eigenvalue weighted by Crippen LogP contribution is -2.37. The average molecular weight is 283 g/mol. The normalized spacial score (nSPS) is 19.8. The molecule has 0 bridgehead atoms. The third-order valence-corrected chi connectivity index (χ3v) is 4.16. The Morgan fingerprint density at radius 1 is 1.20 bits per heavy atom. The van der Waals surface area contributed by atoms with Crippen molar-refractivity contribution < 1.29 is 13.5 Å². The van der Waals surface area contributed by atoms with E-state index in [0.717, 1.165) is 25.7 Å². The lowest BCUT2D eigenvalue weighted by Gasteiger charge is -2.34. The molecule has 2 unspecified atom stereocenters. The van der Waals surface area contributed by atoms with E-state index < -0.39 is 17.7 Å². The van der Waals surface area contributed by atoms with Crippen molar-refractivity contribution in [2.24, 2.45) is 11.7 Å². The van der Waals surface area contributed by atoms with Gasteiger partial charge in [0.05, 0.1) is 12.1 Å². The summed E-state index contributed by atoms with van der Waals surface area (Å²) in [5.41, 5.74) is 6.11. The van der Waals surface area contributed by atoms with Crippen LogP contribution in [0.2, 0.25) is 0 Å². The van der Waals surface area contributed by atoms with Crippen molar-refractivity contribution in [3.05, 3.63) is 35.4 Å². The maximum absolute atomic E-state index is 13.9. The maximum Gasteiger partial charge on any atom is 0.131 e. The SMILES string of the molecule is CCOC(C1CCCCC1)C(N)c1c(F)cccc1F. The minimum atomic E-state index is -0.751. The molecule has 1 aliphatic rings. The van der Waals surface area contributed by atoms with Crippen LogP contribution in [0.3, 0.4) is 0 Å². The Labute approximate surface area is 119 Å². The van der Waals surface area contributed by atoms with Gasteiger partial charge in [0.15, 0.2) is 0 Å². The van der Waals surface area contributed by atoms with Gasteiger partial charge in [0.1, 0.15) is 11.6 Å². The number of ether oxygens (including phenoxy) is 1. The Kier molecular flexibility index (Phi) is 5.49. The Hall–Kier alpha value is -1.00. The van der Waals surface area contributed by atoms with Crippen molar-refractivity contribution in [2.75, 3.05) is 6.61 Å². The fourth-order valence-corrected chi connectivity index (χ4v) is 3.18. The summed E-state index contributed by atoms with van der Waals surface area (Å²) in [7, 11) is 0. The van der Waals surface area contributed by atoms with Crippen molar-refractivity contribution >= 4 is 0 Å². The first kappa shape index (κ1) is 15.4. The first-order valence-electron chi connectivity index (χ1n) is 7.46. The molecular formula is C16H23F2NO. The minimum Gasteiger partial charge on any atom is -0.376 e. The molecule has 0 heterocycles. The van der Waals surface area contributed by atoms with Crippen molar-refractivity contribution in [3.63, 3.8) is 0 Å². The summed E-state index contributed by atoms with van der Waals surface area (Å²) in [4.78, 5) is 0. The van der Waals surface area contributed by atoms with Gasteiger partial charge < -0.3 is 10.5 Å². The fraction of sp³-hybridized carbons (Fsp3) is 0.625. The maximum atomic E-state index is 13.9. The summed E-state index contributed by atoms with van der Waals surface area (Å²) in [5, 5.41) is 0. The third-order valence-electron chi connectivity index (χ3n) is 4.16. The van der Waals surface area contributed by atoms with E-state index in [1.807, 2.05) is 6.92 Å². The number of hydrogen-bond acceptors (Lipinski definition) is 2. The lowest BCUT2D eigenvalue weighted by atomic mass is 9.81. The number of benzene rings is 1. The molecule has 0 radical (unpaired) electrons. The van der Waals surface area contributed by atoms with Gasteiger partial charge in [-0.2, -0.15) is 0 Å². The summed E-state index contributed by atoms with van der Waals surface area (Å²) < 4.78 is 33.5. The molecule has 1 fully saturated rings. The van der Waals surface area contributed by atoms with Crippen LogP contribution in [0.5, 0.6) is 0 Å². The van der Waals surface area contributed by atoms with Crippen LogP contribution < -0.4 is 5.73 Å². The first-order chi connectivity index (χ1) is 9.65. The number of hydrogen-bond donors (Lipinski definition) is 1. The standard InChI is InChI=1S/C16H23F2NO/c1-2-20-16(11-7-4-3-5-8-11)15(19)14-12(17)9-6-10-13(14)18/h6,9-11,15-16H,2-5,7-8,19H2,1H3. The molecule has 2 atom stereocenters. The Morgan fingerprint density at radius 2 is 1.80 bits per heavy atom. The molecule has 1 saturated carbocycles. The topological polar surface area (TPSA) is 35.2 Å². The zero-order valence-electron chi connectivity index (χ0n) is 11.9. The monoisotopic (exact) mass is 283 g/mol. The first-order valence-corrected chi connectivity index (χ1v) is 7.46. The van der Waals surface area contributed by atoms with Gasteiger partial charge >= 0.3 is 0 Å². The summed E-state index contributed by atoms with van der Waals surface area (Å²) in [6.45, 7) is 2.39. The Bertz CT molecular complexity index is 412. The Morgan fingerprint density at radius 3 is 2.35 bits per heavy atom. The Balaban J connectivity index is 2.23. The highest BCUT2D eigenvalue weighted by Crippen LogP contribution is 2.34. The molecule has 0 aromatic heterocycles. The van der Waals surface area contributed by atoms with E-state index in [1.165, 1.54) is 24.6 Å². The van der Waals surface area contributed by atoms with Crippen LogP contribution >= 0.6 is 0 Å². The van der Waals surface area contributed by atoms with E-state index in [2.05, 4.69) is 0 Å². The summed E-state index contributed by atoms with van der Waals surface area (Å²) in [6.07, 6.45) is 5.23. The van der Waals surface area contributed by atoms with Crippen molar-refractivity contribution in [1.29, 1.82) is 0 Å². The summed E-state index contributed by atoms with van der Waals surface area (Å²) in [6, 6.07) is 3.11. The van der Waals surface area contributed by atoms with Gasteiger partial charge in [-0.05, 0) is 37.8 Å². The van der Waals surface area contributed by atoms with E-state index in [-0.39, 0.29) is 17.6 Å². The highest BCUT2D eigenvalue weighted by atomic mass is 19.1. The van der Waals surface area contributed by atoms with Gasteiger partial charge in [0.2, 0.25) is 0 Å². The second kappa shape index (κ2) is 7.14. The smallest absolute Gasteiger partial charge is 0.131 e. The molecule has 4 heteroatoms. The second-order valence-electron chi connectivity index (χ2n) is 5.48. The average Bonchev–Trinajstić information content (AvgIpc) is 2.45. The second-order valence-corrected chi connectivity index (χ2v) is 5.48. The molecule has 1 aromatic carbocycles. The summed E-state index contributed by atoms with van der Waals surface area (Å²) in [5.74, 6) is -0.881. The molecule has 2 nitrogen and oxygen atoms in total. The molecule has 112 valence electrons.